The summed E-state index contributed by atoms with van der Waals surface area (Å²) in [4.78, 5) is 18.2. The molecule has 0 aromatic heterocycles. The van der Waals surface area contributed by atoms with Crippen molar-refractivity contribution in [3.05, 3.63) is 71.6 Å². The summed E-state index contributed by atoms with van der Waals surface area (Å²) in [5, 5.41) is 0. The third-order valence-corrected chi connectivity index (χ3v) is 9.71. The number of nitrogens with zero attached hydrogens (tertiary/aromatic N) is 3. The third kappa shape index (κ3) is 5.11. The number of amides is 1. The van der Waals surface area contributed by atoms with Gasteiger partial charge in [-0.3, -0.25) is 4.79 Å². The topological polar surface area (TPSA) is 96.2 Å². The Kier molecular flexibility index (Phi) is 6.56. The highest BCUT2D eigenvalue weighted by molar-refractivity contribution is 7.91. The molecule has 0 spiro atoms. The first-order chi connectivity index (χ1) is 15.7. The lowest BCUT2D eigenvalue weighted by molar-refractivity contribution is -0.136. The Morgan fingerprint density at radius 1 is 1.00 bits per heavy atom. The molecule has 2 aliphatic rings. The minimum atomic E-state index is -3.93. The quantitative estimate of drug-likeness (QED) is 0.617. The van der Waals surface area contributed by atoms with Crippen molar-refractivity contribution in [2.75, 3.05) is 37.7 Å². The number of benzene rings is 2. The van der Waals surface area contributed by atoms with Crippen LogP contribution in [0, 0.1) is 12.5 Å². The number of sulfone groups is 1. The van der Waals surface area contributed by atoms with Crippen molar-refractivity contribution in [3.8, 4) is 0 Å². The second-order valence-electron chi connectivity index (χ2n) is 8.45. The number of sulfonamides is 1. The van der Waals surface area contributed by atoms with Crippen LogP contribution in [0.2, 0.25) is 0 Å². The molecule has 1 amide bonds. The maximum Gasteiger partial charge on any atom is 0.241 e. The Balaban J connectivity index is 1.64. The van der Waals surface area contributed by atoms with E-state index < -0.39 is 25.8 Å². The van der Waals surface area contributed by atoms with E-state index in [9.17, 15) is 21.6 Å². The van der Waals surface area contributed by atoms with Gasteiger partial charge >= 0.3 is 0 Å². The molecule has 2 fully saturated rings. The van der Waals surface area contributed by atoms with E-state index >= 15 is 0 Å². The third-order valence-electron chi connectivity index (χ3n) is 6.28. The molecule has 2 heterocycles. The van der Waals surface area contributed by atoms with Crippen LogP contribution in [0.25, 0.3) is 4.85 Å². The summed E-state index contributed by atoms with van der Waals surface area (Å²) in [5.41, 5.74) is 1.18. The van der Waals surface area contributed by atoms with Gasteiger partial charge in [-0.2, -0.15) is 4.31 Å². The molecule has 0 bridgehead atoms. The van der Waals surface area contributed by atoms with Crippen LogP contribution in [0.5, 0.6) is 0 Å². The first-order valence-corrected chi connectivity index (χ1v) is 14.0. The predicted octanol–water partition coefficient (Wildman–Crippen LogP) is 2.29. The van der Waals surface area contributed by atoms with Crippen molar-refractivity contribution in [2.24, 2.45) is 5.92 Å². The van der Waals surface area contributed by atoms with E-state index in [2.05, 4.69) is 4.85 Å². The van der Waals surface area contributed by atoms with Crippen molar-refractivity contribution in [1.29, 1.82) is 0 Å². The van der Waals surface area contributed by atoms with Crippen LogP contribution in [-0.2, 0) is 24.7 Å². The van der Waals surface area contributed by atoms with Gasteiger partial charge in [0.2, 0.25) is 15.9 Å². The van der Waals surface area contributed by atoms with Gasteiger partial charge in [-0.1, -0.05) is 42.5 Å². The van der Waals surface area contributed by atoms with Gasteiger partial charge in [0.15, 0.2) is 15.5 Å². The van der Waals surface area contributed by atoms with E-state index in [0.717, 1.165) is 5.56 Å². The summed E-state index contributed by atoms with van der Waals surface area (Å²) in [7, 11) is -7.06. The molecular formula is C23H25N3O5S2. The largest absolute Gasteiger partial charge is 0.340 e. The van der Waals surface area contributed by atoms with Crippen LogP contribution < -0.4 is 0 Å². The fourth-order valence-electron chi connectivity index (χ4n) is 4.45. The maximum absolute atomic E-state index is 13.5. The summed E-state index contributed by atoms with van der Waals surface area (Å²) >= 11 is 0. The predicted molar refractivity (Wildman–Crippen MR) is 124 cm³/mol. The number of rotatable bonds is 4. The Labute approximate surface area is 194 Å². The normalized spacial score (nSPS) is 23.5. The van der Waals surface area contributed by atoms with Crippen LogP contribution >= 0.6 is 0 Å². The van der Waals surface area contributed by atoms with E-state index in [1.54, 1.807) is 11.0 Å². The van der Waals surface area contributed by atoms with E-state index in [0.29, 0.717) is 6.42 Å². The smallest absolute Gasteiger partial charge is 0.241 e. The molecule has 174 valence electrons. The average molecular weight is 488 g/mol. The number of piperidine rings is 1. The second-order valence-corrected chi connectivity index (χ2v) is 12.7. The van der Waals surface area contributed by atoms with E-state index in [1.807, 2.05) is 30.3 Å². The Hall–Kier alpha value is -2.74. The molecule has 8 nitrogen and oxygen atoms in total. The highest BCUT2D eigenvalue weighted by Gasteiger charge is 2.40. The molecule has 2 atom stereocenters. The summed E-state index contributed by atoms with van der Waals surface area (Å²) < 4.78 is 51.9. The molecule has 2 aliphatic heterocycles. The average Bonchev–Trinajstić information content (AvgIpc) is 2.84. The molecule has 33 heavy (non-hydrogen) atoms. The zero-order valence-corrected chi connectivity index (χ0v) is 19.6. The molecule has 2 saturated heterocycles. The van der Waals surface area contributed by atoms with Gasteiger partial charge in [0.05, 0.1) is 28.9 Å². The molecule has 0 N–H and O–H groups in total. The maximum atomic E-state index is 13.5. The van der Waals surface area contributed by atoms with Crippen LogP contribution in [0.15, 0.2) is 59.5 Å². The standard InChI is InChI=1S/C23H25N3O5S2/c1-24-21-8-5-9-22(15-21)33(30,31)26-16-19(18-6-3-2-4-7-18)14-20(17-26)23(27)25-10-12-32(28,29)13-11-25/h2-9,15,19-20H,10-14,16-17H2. The Morgan fingerprint density at radius 3 is 2.36 bits per heavy atom. The van der Waals surface area contributed by atoms with Crippen molar-refractivity contribution in [1.82, 2.24) is 9.21 Å². The number of hydrogen-bond donors (Lipinski definition) is 0. The van der Waals surface area contributed by atoms with Gasteiger partial charge in [0, 0.05) is 26.2 Å². The van der Waals surface area contributed by atoms with Gasteiger partial charge in [0.25, 0.3) is 0 Å². The highest BCUT2D eigenvalue weighted by atomic mass is 32.2. The first-order valence-electron chi connectivity index (χ1n) is 10.7. The van der Waals surface area contributed by atoms with Crippen molar-refractivity contribution in [3.63, 3.8) is 0 Å². The molecule has 0 aliphatic carbocycles. The molecule has 2 aromatic rings. The van der Waals surface area contributed by atoms with E-state index in [4.69, 9.17) is 6.57 Å². The van der Waals surface area contributed by atoms with Crippen molar-refractivity contribution in [2.45, 2.75) is 17.2 Å². The number of carbonyl (C=O) groups is 1. The van der Waals surface area contributed by atoms with E-state index in [-0.39, 0.29) is 60.1 Å². The molecule has 0 radical (unpaired) electrons. The summed E-state index contributed by atoms with van der Waals surface area (Å²) in [6, 6.07) is 15.4. The van der Waals surface area contributed by atoms with E-state index in [1.165, 1.54) is 22.5 Å². The first kappa shape index (κ1) is 23.4. The fraction of sp³-hybridized carbons (Fsp3) is 0.391. The summed E-state index contributed by atoms with van der Waals surface area (Å²) in [6.07, 6.45) is 0.486. The molecule has 0 saturated carbocycles. The minimum Gasteiger partial charge on any atom is -0.340 e. The number of hydrogen-bond acceptors (Lipinski definition) is 5. The zero-order chi connectivity index (χ0) is 23.6. The fourth-order valence-corrected chi connectivity index (χ4v) is 7.23. The second kappa shape index (κ2) is 9.25. The minimum absolute atomic E-state index is 0.0238. The molecule has 2 unspecified atom stereocenters. The molecule has 4 rings (SSSR count). The van der Waals surface area contributed by atoms with Crippen LogP contribution in [0.3, 0.4) is 0 Å². The van der Waals surface area contributed by atoms with Gasteiger partial charge < -0.3 is 4.90 Å². The monoisotopic (exact) mass is 487 g/mol. The molecule has 2 aromatic carbocycles. The van der Waals surface area contributed by atoms with Crippen LogP contribution in [0.4, 0.5) is 5.69 Å². The van der Waals surface area contributed by atoms with Crippen LogP contribution in [-0.4, -0.2) is 69.6 Å². The lowest BCUT2D eigenvalue weighted by Gasteiger charge is -2.39. The molecular weight excluding hydrogens is 462 g/mol. The van der Waals surface area contributed by atoms with Crippen LogP contribution in [0.1, 0.15) is 17.9 Å². The van der Waals surface area contributed by atoms with Crippen molar-refractivity contribution < 1.29 is 21.6 Å². The molecule has 10 heteroatoms. The van der Waals surface area contributed by atoms with Crippen molar-refractivity contribution >= 4 is 31.5 Å². The lowest BCUT2D eigenvalue weighted by atomic mass is 9.85. The number of carbonyl (C=O) groups excluding carboxylic acids is 1. The van der Waals surface area contributed by atoms with Gasteiger partial charge in [-0.15, -0.1) is 0 Å². The zero-order valence-electron chi connectivity index (χ0n) is 18.0. The van der Waals surface area contributed by atoms with Gasteiger partial charge in [-0.25, -0.2) is 21.7 Å². The lowest BCUT2D eigenvalue weighted by Crippen LogP contribution is -2.52. The summed E-state index contributed by atoms with van der Waals surface area (Å²) in [6.45, 7) is 7.70. The SMILES string of the molecule is [C-]#[N+]c1cccc(S(=O)(=O)N2CC(C(=O)N3CCS(=O)(=O)CC3)CC(c3ccccc3)C2)c1. The summed E-state index contributed by atoms with van der Waals surface area (Å²) in [5.74, 6) is -1.11. The Bertz CT molecular complexity index is 1270. The van der Waals surface area contributed by atoms with Gasteiger partial charge in [-0.05, 0) is 30.0 Å². The Morgan fingerprint density at radius 2 is 1.70 bits per heavy atom. The van der Waals surface area contributed by atoms with Gasteiger partial charge in [0.1, 0.15) is 0 Å². The highest BCUT2D eigenvalue weighted by Crippen LogP contribution is 2.35.